The number of hydrogen-bond acceptors (Lipinski definition) is 4. The van der Waals surface area contributed by atoms with Gasteiger partial charge in [0.2, 0.25) is 0 Å². The Hall–Kier alpha value is -2.44. The topological polar surface area (TPSA) is 48.4 Å². The van der Waals surface area contributed by atoms with Crippen LogP contribution >= 0.6 is 23.6 Å². The Balaban J connectivity index is 1.87. The third-order valence-electron chi connectivity index (χ3n) is 4.41. The quantitative estimate of drug-likeness (QED) is 0.675. The van der Waals surface area contributed by atoms with Gasteiger partial charge in [0.15, 0.2) is 5.11 Å². The molecule has 2 N–H and O–H groups in total. The van der Waals surface area contributed by atoms with Crippen molar-refractivity contribution in [2.75, 3.05) is 4.90 Å². The molecular formula is C19H17N3OS2. The Morgan fingerprint density at radius 2 is 1.96 bits per heavy atom. The highest BCUT2D eigenvalue weighted by atomic mass is 32.1. The first-order valence-electron chi connectivity index (χ1n) is 7.99. The molecule has 2 atom stereocenters. The number of aromatic nitrogens is 1. The Morgan fingerprint density at radius 1 is 1.16 bits per heavy atom. The summed E-state index contributed by atoms with van der Waals surface area (Å²) in [6.45, 7) is 2.10. The molecular weight excluding hydrogens is 350 g/mol. The summed E-state index contributed by atoms with van der Waals surface area (Å²) in [6.07, 6.45) is 1.79. The minimum absolute atomic E-state index is 0.0595. The second-order valence-electron chi connectivity index (χ2n) is 5.95. The highest BCUT2D eigenvalue weighted by Gasteiger charge is 2.42. The third kappa shape index (κ3) is 2.77. The summed E-state index contributed by atoms with van der Waals surface area (Å²) in [6, 6.07) is 15.2. The van der Waals surface area contributed by atoms with Gasteiger partial charge in [0.05, 0.1) is 23.5 Å². The molecule has 0 aliphatic carbocycles. The van der Waals surface area contributed by atoms with Crippen molar-refractivity contribution in [3.05, 3.63) is 76.2 Å². The molecule has 0 unspecified atom stereocenters. The summed E-state index contributed by atoms with van der Waals surface area (Å²) in [5, 5.41) is 16.5. The molecule has 1 aliphatic heterocycles. The van der Waals surface area contributed by atoms with E-state index >= 15 is 0 Å². The van der Waals surface area contributed by atoms with Gasteiger partial charge in [-0.25, -0.2) is 0 Å². The zero-order chi connectivity index (χ0) is 17.4. The number of aromatic hydroxyl groups is 1. The summed E-state index contributed by atoms with van der Waals surface area (Å²) in [7, 11) is 0. The van der Waals surface area contributed by atoms with Crippen molar-refractivity contribution in [3.8, 4) is 5.75 Å². The lowest BCUT2D eigenvalue weighted by atomic mass is 10.0. The van der Waals surface area contributed by atoms with E-state index in [1.165, 1.54) is 10.4 Å². The summed E-state index contributed by atoms with van der Waals surface area (Å²) >= 11 is 7.33. The van der Waals surface area contributed by atoms with Gasteiger partial charge in [-0.05, 0) is 60.4 Å². The molecule has 25 heavy (non-hydrogen) atoms. The van der Waals surface area contributed by atoms with E-state index in [9.17, 15) is 5.11 Å². The van der Waals surface area contributed by atoms with E-state index < -0.39 is 0 Å². The largest absolute Gasteiger partial charge is 0.506 e. The third-order valence-corrected chi connectivity index (χ3v) is 5.81. The lowest BCUT2D eigenvalue weighted by Crippen LogP contribution is -2.29. The van der Waals surface area contributed by atoms with Crippen LogP contribution in [0.5, 0.6) is 5.75 Å². The molecule has 0 spiro atoms. The number of phenols is 1. The number of thiophene rings is 1. The van der Waals surface area contributed by atoms with E-state index in [-0.39, 0.29) is 17.8 Å². The highest BCUT2D eigenvalue weighted by molar-refractivity contribution is 7.80. The smallest absolute Gasteiger partial charge is 0.174 e. The van der Waals surface area contributed by atoms with Crippen LogP contribution in [0.4, 0.5) is 5.69 Å². The van der Waals surface area contributed by atoms with E-state index in [0.717, 1.165) is 5.69 Å². The van der Waals surface area contributed by atoms with Gasteiger partial charge in [-0.1, -0.05) is 18.2 Å². The Kier molecular flexibility index (Phi) is 4.15. The highest BCUT2D eigenvalue weighted by Crippen LogP contribution is 2.46. The summed E-state index contributed by atoms with van der Waals surface area (Å²) < 4.78 is 0. The maximum Gasteiger partial charge on any atom is 0.174 e. The molecule has 6 heteroatoms. The molecule has 0 saturated carbocycles. The molecule has 3 heterocycles. The van der Waals surface area contributed by atoms with Gasteiger partial charge in [0.25, 0.3) is 0 Å². The van der Waals surface area contributed by atoms with E-state index in [1.54, 1.807) is 23.6 Å². The SMILES string of the molecule is Cc1ccsc1[C@@H]1[C@H](c2ccccn2)NC(=S)N1c1ccccc1O. The molecule has 1 aliphatic rings. The number of benzene rings is 1. The molecule has 4 rings (SSSR count). The fraction of sp³-hybridized carbons (Fsp3) is 0.158. The monoisotopic (exact) mass is 367 g/mol. The maximum absolute atomic E-state index is 10.4. The second-order valence-corrected chi connectivity index (χ2v) is 7.29. The fourth-order valence-corrected chi connectivity index (χ4v) is 4.63. The number of rotatable bonds is 3. The summed E-state index contributed by atoms with van der Waals surface area (Å²) in [5.74, 6) is 0.215. The van der Waals surface area contributed by atoms with Gasteiger partial charge in [0, 0.05) is 11.1 Å². The zero-order valence-electron chi connectivity index (χ0n) is 13.6. The van der Waals surface area contributed by atoms with Crippen LogP contribution < -0.4 is 10.2 Å². The standard InChI is InChI=1S/C19H17N3OS2/c1-12-9-11-25-18(12)17-16(13-6-4-5-10-20-13)21-19(24)22(17)14-7-2-3-8-15(14)23/h2-11,16-17,23H,1H3,(H,21,24)/t16-,17-/m0/s1. The van der Waals surface area contributed by atoms with Gasteiger partial charge in [-0.15, -0.1) is 11.3 Å². The Morgan fingerprint density at radius 3 is 2.64 bits per heavy atom. The van der Waals surface area contributed by atoms with Crippen molar-refractivity contribution in [1.29, 1.82) is 0 Å². The van der Waals surface area contributed by atoms with Gasteiger partial charge >= 0.3 is 0 Å². The molecule has 3 aromatic rings. The van der Waals surface area contributed by atoms with Crippen LogP contribution in [0.3, 0.4) is 0 Å². The first-order valence-corrected chi connectivity index (χ1v) is 9.28. The van der Waals surface area contributed by atoms with Gasteiger partial charge in [-0.2, -0.15) is 0 Å². The van der Waals surface area contributed by atoms with Crippen molar-refractivity contribution in [2.45, 2.75) is 19.0 Å². The number of pyridine rings is 1. The summed E-state index contributed by atoms with van der Waals surface area (Å²) in [4.78, 5) is 7.75. The van der Waals surface area contributed by atoms with Crippen LogP contribution in [0.25, 0.3) is 0 Å². The number of anilines is 1. The van der Waals surface area contributed by atoms with E-state index in [0.29, 0.717) is 10.8 Å². The first kappa shape index (κ1) is 16.1. The molecule has 126 valence electrons. The number of para-hydroxylation sites is 2. The maximum atomic E-state index is 10.4. The van der Waals surface area contributed by atoms with Crippen LogP contribution in [-0.4, -0.2) is 15.2 Å². The van der Waals surface area contributed by atoms with Crippen LogP contribution in [0.2, 0.25) is 0 Å². The van der Waals surface area contributed by atoms with Crippen LogP contribution in [-0.2, 0) is 0 Å². The molecule has 4 nitrogen and oxygen atoms in total. The predicted molar refractivity (Wildman–Crippen MR) is 105 cm³/mol. The van der Waals surface area contributed by atoms with E-state index in [2.05, 4.69) is 28.7 Å². The average molecular weight is 367 g/mol. The lowest BCUT2D eigenvalue weighted by molar-refractivity contribution is 0.473. The zero-order valence-corrected chi connectivity index (χ0v) is 15.2. The Bertz CT molecular complexity index is 910. The number of aryl methyl sites for hydroxylation is 1. The minimum Gasteiger partial charge on any atom is -0.506 e. The Labute approximate surface area is 155 Å². The molecule has 1 fully saturated rings. The van der Waals surface area contributed by atoms with Crippen molar-refractivity contribution >= 4 is 34.4 Å². The van der Waals surface area contributed by atoms with Crippen molar-refractivity contribution in [3.63, 3.8) is 0 Å². The van der Waals surface area contributed by atoms with Gasteiger partial charge in [0.1, 0.15) is 5.75 Å². The van der Waals surface area contributed by atoms with E-state index in [1.807, 2.05) is 41.3 Å². The molecule has 0 radical (unpaired) electrons. The molecule has 0 bridgehead atoms. The number of thiocarbonyl (C=S) groups is 1. The molecule has 0 amide bonds. The summed E-state index contributed by atoms with van der Waals surface area (Å²) in [5.41, 5.74) is 2.85. The number of nitrogens with zero attached hydrogens (tertiary/aromatic N) is 2. The first-order chi connectivity index (χ1) is 12.2. The predicted octanol–water partition coefficient (Wildman–Crippen LogP) is 4.33. The van der Waals surface area contributed by atoms with Crippen molar-refractivity contribution in [2.24, 2.45) is 0 Å². The molecule has 2 aromatic heterocycles. The lowest BCUT2D eigenvalue weighted by Gasteiger charge is -2.28. The van der Waals surface area contributed by atoms with Crippen molar-refractivity contribution in [1.82, 2.24) is 10.3 Å². The molecule has 1 aromatic carbocycles. The number of hydrogen-bond donors (Lipinski definition) is 2. The second kappa shape index (κ2) is 6.46. The molecule has 1 saturated heterocycles. The fourth-order valence-electron chi connectivity index (χ4n) is 3.24. The van der Waals surface area contributed by atoms with Crippen LogP contribution in [0.15, 0.2) is 60.1 Å². The van der Waals surface area contributed by atoms with Crippen LogP contribution in [0, 0.1) is 6.92 Å². The van der Waals surface area contributed by atoms with E-state index in [4.69, 9.17) is 12.2 Å². The van der Waals surface area contributed by atoms with Crippen LogP contribution in [0.1, 0.15) is 28.2 Å². The van der Waals surface area contributed by atoms with Crippen molar-refractivity contribution < 1.29 is 5.11 Å². The number of nitrogens with one attached hydrogen (secondary N) is 1. The van der Waals surface area contributed by atoms with Gasteiger partial charge in [-0.3, -0.25) is 4.98 Å². The normalized spacial score (nSPS) is 19.9. The average Bonchev–Trinajstić information content (AvgIpc) is 3.19. The number of phenolic OH excluding ortho intramolecular Hbond substituents is 1. The van der Waals surface area contributed by atoms with Gasteiger partial charge < -0.3 is 15.3 Å². The minimum atomic E-state index is -0.0781.